The number of aromatic nitrogens is 2. The Labute approximate surface area is 210 Å². The third kappa shape index (κ3) is 3.15. The molecule has 36 heavy (non-hydrogen) atoms. The Morgan fingerprint density at radius 3 is 1.78 bits per heavy atom. The van der Waals surface area contributed by atoms with Crippen molar-refractivity contribution in [3.63, 3.8) is 0 Å². The summed E-state index contributed by atoms with van der Waals surface area (Å²) in [4.78, 5) is 5.41. The van der Waals surface area contributed by atoms with Gasteiger partial charge >= 0.3 is 0 Å². The lowest BCUT2D eigenvalue weighted by Crippen LogP contribution is -1.99. The summed E-state index contributed by atoms with van der Waals surface area (Å²) in [5, 5.41) is 4.87. The van der Waals surface area contributed by atoms with Crippen LogP contribution in [0.4, 0.5) is 0 Å². The molecule has 170 valence electrons. The molecule has 2 nitrogen and oxygen atoms in total. The Bertz CT molecular complexity index is 1880. The first kappa shape index (κ1) is 20.7. The van der Waals surface area contributed by atoms with Crippen molar-refractivity contribution in [3.05, 3.63) is 133 Å². The van der Waals surface area contributed by atoms with E-state index in [0.717, 1.165) is 28.1 Å². The fourth-order valence-electron chi connectivity index (χ4n) is 5.38. The van der Waals surface area contributed by atoms with Crippen molar-refractivity contribution < 1.29 is 0 Å². The summed E-state index contributed by atoms with van der Waals surface area (Å²) in [6.07, 6.45) is 0. The summed E-state index contributed by atoms with van der Waals surface area (Å²) in [7, 11) is 0. The molecule has 0 spiro atoms. The molecule has 7 rings (SSSR count). The molecule has 0 unspecified atom stereocenters. The number of hydrogen-bond acceptors (Lipinski definition) is 1. The molecule has 0 fully saturated rings. The molecule has 0 amide bonds. The zero-order valence-electron chi connectivity index (χ0n) is 20.0. The lowest BCUT2D eigenvalue weighted by Gasteiger charge is -2.14. The van der Waals surface area contributed by atoms with Gasteiger partial charge < -0.3 is 0 Å². The quantitative estimate of drug-likeness (QED) is 0.241. The van der Waals surface area contributed by atoms with Gasteiger partial charge in [0.1, 0.15) is 5.82 Å². The van der Waals surface area contributed by atoms with Gasteiger partial charge in [0.15, 0.2) is 0 Å². The van der Waals surface area contributed by atoms with Crippen LogP contribution < -0.4 is 0 Å². The van der Waals surface area contributed by atoms with Crippen LogP contribution in [0.2, 0.25) is 0 Å². The molecule has 0 saturated heterocycles. The highest BCUT2D eigenvalue weighted by molar-refractivity contribution is 6.24. The first-order chi connectivity index (χ1) is 17.8. The van der Waals surface area contributed by atoms with E-state index in [2.05, 4.69) is 139 Å². The molecule has 6 aromatic carbocycles. The molecule has 0 radical (unpaired) electrons. The maximum atomic E-state index is 5.41. The van der Waals surface area contributed by atoms with Crippen LogP contribution in [0.25, 0.3) is 60.8 Å². The second kappa shape index (κ2) is 8.21. The number of aryl methyl sites for hydroxylation is 1. The average Bonchev–Trinajstić information content (AvgIpc) is 3.35. The van der Waals surface area contributed by atoms with Gasteiger partial charge in [-0.25, -0.2) is 4.98 Å². The van der Waals surface area contributed by atoms with Crippen LogP contribution in [0, 0.1) is 6.92 Å². The van der Waals surface area contributed by atoms with Gasteiger partial charge in [-0.2, -0.15) is 0 Å². The normalized spacial score (nSPS) is 11.5. The number of nitrogens with zero attached hydrogens (tertiary/aromatic N) is 2. The summed E-state index contributed by atoms with van der Waals surface area (Å²) in [6, 6.07) is 45.3. The number of hydrogen-bond donors (Lipinski definition) is 0. The van der Waals surface area contributed by atoms with Gasteiger partial charge in [0.25, 0.3) is 0 Å². The Kier molecular flexibility index (Phi) is 4.71. The topological polar surface area (TPSA) is 17.8 Å². The average molecular weight is 461 g/mol. The number of fused-ring (bicyclic) bond motifs is 6. The molecule has 0 N–H and O–H groups in total. The zero-order chi connectivity index (χ0) is 24.1. The van der Waals surface area contributed by atoms with Gasteiger partial charge in [-0.3, -0.25) is 4.57 Å². The molecule has 0 aliphatic carbocycles. The molecule has 0 bridgehead atoms. The van der Waals surface area contributed by atoms with E-state index in [-0.39, 0.29) is 0 Å². The van der Waals surface area contributed by atoms with Gasteiger partial charge in [0.05, 0.1) is 11.0 Å². The van der Waals surface area contributed by atoms with Crippen LogP contribution >= 0.6 is 0 Å². The molecule has 0 aliphatic rings. The van der Waals surface area contributed by atoms with Crippen molar-refractivity contribution in [1.82, 2.24) is 9.55 Å². The van der Waals surface area contributed by atoms with E-state index in [0.29, 0.717) is 0 Å². The Morgan fingerprint density at radius 1 is 0.500 bits per heavy atom. The monoisotopic (exact) mass is 460 g/mol. The van der Waals surface area contributed by atoms with Crippen molar-refractivity contribution in [2.45, 2.75) is 6.92 Å². The van der Waals surface area contributed by atoms with E-state index in [1.807, 2.05) is 0 Å². The van der Waals surface area contributed by atoms with Crippen molar-refractivity contribution in [3.8, 4) is 28.2 Å². The highest BCUT2D eigenvalue weighted by atomic mass is 15.1. The molecule has 0 saturated carbocycles. The Hall–Kier alpha value is -4.69. The van der Waals surface area contributed by atoms with Crippen LogP contribution in [0.1, 0.15) is 5.56 Å². The van der Waals surface area contributed by atoms with E-state index < -0.39 is 0 Å². The third-order valence-electron chi connectivity index (χ3n) is 7.08. The van der Waals surface area contributed by atoms with Gasteiger partial charge in [-0.05, 0) is 41.0 Å². The largest absolute Gasteiger partial charge is 0.292 e. The second-order valence-electron chi connectivity index (χ2n) is 9.31. The van der Waals surface area contributed by atoms with E-state index in [9.17, 15) is 0 Å². The van der Waals surface area contributed by atoms with E-state index >= 15 is 0 Å². The van der Waals surface area contributed by atoms with Crippen LogP contribution in [0.3, 0.4) is 0 Å². The SMILES string of the molecule is Cc1ccc(-n2c(-c3ccccc3-c3ccccc3)nc3c4ccccc4c4ccccc4c32)cc1. The fourth-order valence-corrected chi connectivity index (χ4v) is 5.38. The van der Waals surface area contributed by atoms with Crippen molar-refractivity contribution in [2.75, 3.05) is 0 Å². The van der Waals surface area contributed by atoms with Crippen LogP contribution in [-0.4, -0.2) is 9.55 Å². The smallest absolute Gasteiger partial charge is 0.146 e. The predicted octanol–water partition coefficient (Wildman–Crippen LogP) is 8.97. The first-order valence-electron chi connectivity index (χ1n) is 12.3. The number of rotatable bonds is 3. The van der Waals surface area contributed by atoms with Gasteiger partial charge in [-0.15, -0.1) is 0 Å². The molecule has 0 atom stereocenters. The molecular weight excluding hydrogens is 436 g/mol. The fraction of sp³-hybridized carbons (Fsp3) is 0.0294. The molecule has 0 aliphatic heterocycles. The summed E-state index contributed by atoms with van der Waals surface area (Å²) in [5.41, 5.74) is 8.01. The summed E-state index contributed by atoms with van der Waals surface area (Å²) >= 11 is 0. The lowest BCUT2D eigenvalue weighted by molar-refractivity contribution is 1.10. The van der Waals surface area contributed by atoms with Crippen molar-refractivity contribution in [2.24, 2.45) is 0 Å². The van der Waals surface area contributed by atoms with Gasteiger partial charge in [0.2, 0.25) is 0 Å². The molecule has 1 aromatic heterocycles. The van der Waals surface area contributed by atoms with Crippen LogP contribution in [0.15, 0.2) is 127 Å². The van der Waals surface area contributed by atoms with E-state index in [4.69, 9.17) is 4.98 Å². The third-order valence-corrected chi connectivity index (χ3v) is 7.08. The molecule has 1 heterocycles. The second-order valence-corrected chi connectivity index (χ2v) is 9.31. The number of imidazole rings is 1. The minimum absolute atomic E-state index is 0.954. The minimum Gasteiger partial charge on any atom is -0.292 e. The molecule has 7 aromatic rings. The Morgan fingerprint density at radius 2 is 1.06 bits per heavy atom. The predicted molar refractivity (Wildman–Crippen MR) is 152 cm³/mol. The first-order valence-corrected chi connectivity index (χ1v) is 12.3. The highest BCUT2D eigenvalue weighted by Gasteiger charge is 2.21. The minimum atomic E-state index is 0.954. The Balaban J connectivity index is 1.68. The maximum absolute atomic E-state index is 5.41. The van der Waals surface area contributed by atoms with Crippen molar-refractivity contribution >= 4 is 32.6 Å². The summed E-state index contributed by atoms with van der Waals surface area (Å²) < 4.78 is 2.35. The molecular formula is C34H24N2. The van der Waals surface area contributed by atoms with Crippen LogP contribution in [0.5, 0.6) is 0 Å². The standard InChI is InChI=1S/C34H24N2/c1-23-19-21-25(22-20-23)36-33-30-17-9-7-15-28(30)27-14-6-8-16-29(27)32(33)35-34(36)31-18-10-5-13-26(31)24-11-3-2-4-12-24/h2-22H,1H3. The lowest BCUT2D eigenvalue weighted by atomic mass is 9.99. The summed E-state index contributed by atoms with van der Waals surface area (Å²) in [5.74, 6) is 0.954. The maximum Gasteiger partial charge on any atom is 0.146 e. The van der Waals surface area contributed by atoms with Gasteiger partial charge in [-0.1, -0.05) is 121 Å². The van der Waals surface area contributed by atoms with Crippen LogP contribution in [-0.2, 0) is 0 Å². The zero-order valence-corrected chi connectivity index (χ0v) is 20.0. The van der Waals surface area contributed by atoms with E-state index in [1.165, 1.54) is 38.2 Å². The van der Waals surface area contributed by atoms with Crippen molar-refractivity contribution in [1.29, 1.82) is 0 Å². The molecule has 2 heteroatoms. The van der Waals surface area contributed by atoms with Gasteiger partial charge in [0, 0.05) is 22.0 Å². The summed E-state index contributed by atoms with van der Waals surface area (Å²) in [6.45, 7) is 2.13. The number of benzene rings is 6. The highest BCUT2D eigenvalue weighted by Crippen LogP contribution is 2.41. The van der Waals surface area contributed by atoms with E-state index in [1.54, 1.807) is 0 Å².